The van der Waals surface area contributed by atoms with E-state index in [1.165, 1.54) is 44.9 Å². The zero-order valence-electron chi connectivity index (χ0n) is 27.1. The zero-order valence-corrected chi connectivity index (χ0v) is 27.1. The first-order valence-electron chi connectivity index (χ1n) is 16.5. The summed E-state index contributed by atoms with van der Waals surface area (Å²) < 4.78 is 0. The molecule has 4 amide bonds. The standard InChI is InChI=1S/C34H56N4O6/c1-4-6-7-8-9-10-11-12-13-14-18-21-29(39)36-27(22-23-30(40)41)33(43)37-28(24-26-19-16-15-17-20-26)34(44)38-31(32(35)42)25(3)5-2/h15-17,19-20,25,27-28,31H,4-14,18,21-24H2,1-3H3,(H2,35,42)(H,36,39)(H,37,43)(H,38,44)(H,40,41)/t25-,27-,28-,31-/m0/s1. The molecule has 0 aliphatic heterocycles. The molecule has 0 aliphatic rings. The van der Waals surface area contributed by atoms with Gasteiger partial charge >= 0.3 is 5.97 Å². The molecule has 0 spiro atoms. The fourth-order valence-electron chi connectivity index (χ4n) is 5.07. The number of carbonyl (C=O) groups is 5. The number of nitrogens with two attached hydrogens (primary N) is 1. The fraction of sp³-hybridized carbons (Fsp3) is 0.676. The van der Waals surface area contributed by atoms with E-state index in [1.54, 1.807) is 6.92 Å². The number of carboxylic acids is 1. The van der Waals surface area contributed by atoms with E-state index in [0.717, 1.165) is 24.8 Å². The third-order valence-electron chi connectivity index (χ3n) is 8.04. The summed E-state index contributed by atoms with van der Waals surface area (Å²) >= 11 is 0. The summed E-state index contributed by atoms with van der Waals surface area (Å²) in [4.78, 5) is 62.8. The Hall–Kier alpha value is -3.43. The smallest absolute Gasteiger partial charge is 0.303 e. The Balaban J connectivity index is 2.77. The average Bonchev–Trinajstić information content (AvgIpc) is 3.00. The number of nitrogens with one attached hydrogen (secondary N) is 3. The van der Waals surface area contributed by atoms with Crippen LogP contribution in [-0.2, 0) is 30.4 Å². The van der Waals surface area contributed by atoms with Gasteiger partial charge in [0.05, 0.1) is 0 Å². The molecule has 0 saturated heterocycles. The van der Waals surface area contributed by atoms with Crippen LogP contribution in [0.5, 0.6) is 0 Å². The minimum Gasteiger partial charge on any atom is -0.481 e. The summed E-state index contributed by atoms with van der Waals surface area (Å²) in [6, 6.07) is 5.94. The lowest BCUT2D eigenvalue weighted by Crippen LogP contribution is -2.58. The van der Waals surface area contributed by atoms with Gasteiger partial charge in [0, 0.05) is 19.3 Å². The fourth-order valence-corrected chi connectivity index (χ4v) is 5.07. The van der Waals surface area contributed by atoms with Crippen LogP contribution in [0.2, 0.25) is 0 Å². The van der Waals surface area contributed by atoms with Gasteiger partial charge in [0.1, 0.15) is 18.1 Å². The normalized spacial score (nSPS) is 13.7. The van der Waals surface area contributed by atoms with Crippen molar-refractivity contribution < 1.29 is 29.1 Å². The highest BCUT2D eigenvalue weighted by atomic mass is 16.4. The van der Waals surface area contributed by atoms with Gasteiger partial charge in [-0.3, -0.25) is 24.0 Å². The number of benzene rings is 1. The first-order chi connectivity index (χ1) is 21.1. The van der Waals surface area contributed by atoms with Crippen molar-refractivity contribution in [1.29, 1.82) is 0 Å². The van der Waals surface area contributed by atoms with Gasteiger partial charge < -0.3 is 26.8 Å². The minimum atomic E-state index is -1.13. The lowest BCUT2D eigenvalue weighted by Gasteiger charge is -2.26. The van der Waals surface area contributed by atoms with E-state index in [0.29, 0.717) is 12.8 Å². The molecule has 248 valence electrons. The van der Waals surface area contributed by atoms with Crippen LogP contribution in [0.1, 0.15) is 123 Å². The van der Waals surface area contributed by atoms with Crippen LogP contribution in [0.4, 0.5) is 0 Å². The summed E-state index contributed by atoms with van der Waals surface area (Å²) in [7, 11) is 0. The molecule has 0 bridgehead atoms. The molecule has 0 unspecified atom stereocenters. The summed E-state index contributed by atoms with van der Waals surface area (Å²) in [5, 5.41) is 17.3. The van der Waals surface area contributed by atoms with Crippen LogP contribution in [0.3, 0.4) is 0 Å². The SMILES string of the molecule is CCCCCCCCCCCCCC(=O)N[C@@H](CCC(=O)O)C(=O)N[C@@H](Cc1ccccc1)C(=O)N[C@H](C(N)=O)[C@@H](C)CC. The molecule has 0 heterocycles. The summed E-state index contributed by atoms with van der Waals surface area (Å²) in [5.41, 5.74) is 6.32. The molecule has 1 rings (SSSR count). The molecule has 0 radical (unpaired) electrons. The number of amides is 4. The van der Waals surface area contributed by atoms with E-state index in [-0.39, 0.29) is 37.5 Å². The van der Waals surface area contributed by atoms with Crippen LogP contribution in [-0.4, -0.2) is 52.8 Å². The van der Waals surface area contributed by atoms with Crippen molar-refractivity contribution >= 4 is 29.6 Å². The molecule has 0 saturated carbocycles. The Morgan fingerprint density at radius 3 is 1.80 bits per heavy atom. The number of primary amides is 1. The number of carboxylic acid groups (broad SMARTS) is 1. The summed E-state index contributed by atoms with van der Waals surface area (Å²) in [6.07, 6.45) is 13.2. The topological polar surface area (TPSA) is 168 Å². The monoisotopic (exact) mass is 616 g/mol. The quantitative estimate of drug-likeness (QED) is 0.0991. The van der Waals surface area contributed by atoms with Gasteiger partial charge in [-0.25, -0.2) is 0 Å². The summed E-state index contributed by atoms with van der Waals surface area (Å²) in [6.45, 7) is 5.89. The number of aliphatic carboxylic acids is 1. The van der Waals surface area contributed by atoms with E-state index in [2.05, 4.69) is 22.9 Å². The van der Waals surface area contributed by atoms with E-state index in [1.807, 2.05) is 37.3 Å². The lowest BCUT2D eigenvalue weighted by atomic mass is 9.97. The maximum Gasteiger partial charge on any atom is 0.303 e. The second kappa shape index (κ2) is 23.0. The Bertz CT molecular complexity index is 1000. The molecule has 6 N–H and O–H groups in total. The van der Waals surface area contributed by atoms with Crippen molar-refractivity contribution in [2.45, 2.75) is 142 Å². The van der Waals surface area contributed by atoms with Gasteiger partial charge in [-0.15, -0.1) is 0 Å². The van der Waals surface area contributed by atoms with Crippen molar-refractivity contribution in [2.24, 2.45) is 11.7 Å². The Labute approximate surface area is 263 Å². The molecule has 4 atom stereocenters. The Morgan fingerprint density at radius 1 is 0.727 bits per heavy atom. The van der Waals surface area contributed by atoms with E-state index in [4.69, 9.17) is 5.73 Å². The maximum absolute atomic E-state index is 13.4. The van der Waals surface area contributed by atoms with Crippen LogP contribution >= 0.6 is 0 Å². The zero-order chi connectivity index (χ0) is 32.7. The maximum atomic E-state index is 13.4. The van der Waals surface area contributed by atoms with E-state index in [9.17, 15) is 29.1 Å². The van der Waals surface area contributed by atoms with Crippen LogP contribution in [0.25, 0.3) is 0 Å². The molecule has 44 heavy (non-hydrogen) atoms. The van der Waals surface area contributed by atoms with Gasteiger partial charge in [-0.2, -0.15) is 0 Å². The number of carbonyl (C=O) groups excluding carboxylic acids is 4. The summed E-state index contributed by atoms with van der Waals surface area (Å²) in [5.74, 6) is -3.57. The Kier molecular flexibility index (Phi) is 20.2. The van der Waals surface area contributed by atoms with Crippen LogP contribution < -0.4 is 21.7 Å². The lowest BCUT2D eigenvalue weighted by molar-refractivity contribution is -0.138. The van der Waals surface area contributed by atoms with Crippen molar-refractivity contribution in [3.8, 4) is 0 Å². The Morgan fingerprint density at radius 2 is 1.27 bits per heavy atom. The molecule has 0 fully saturated rings. The van der Waals surface area contributed by atoms with Gasteiger partial charge in [-0.05, 0) is 24.3 Å². The number of hydrogen-bond acceptors (Lipinski definition) is 5. The molecule has 0 aliphatic carbocycles. The number of rotatable bonds is 25. The highest BCUT2D eigenvalue weighted by Crippen LogP contribution is 2.13. The third kappa shape index (κ3) is 17.0. The van der Waals surface area contributed by atoms with Crippen molar-refractivity contribution in [2.75, 3.05) is 0 Å². The molecule has 1 aromatic carbocycles. The van der Waals surface area contributed by atoms with Gasteiger partial charge in [0.15, 0.2) is 0 Å². The average molecular weight is 617 g/mol. The number of unbranched alkanes of at least 4 members (excludes halogenated alkanes) is 10. The van der Waals surface area contributed by atoms with Gasteiger partial charge in [0.2, 0.25) is 23.6 Å². The third-order valence-corrected chi connectivity index (χ3v) is 8.04. The number of hydrogen-bond donors (Lipinski definition) is 5. The second-order valence-electron chi connectivity index (χ2n) is 11.9. The molecule has 10 heteroatoms. The molecule has 0 aromatic heterocycles. The van der Waals surface area contributed by atoms with E-state index < -0.39 is 41.8 Å². The predicted molar refractivity (Wildman–Crippen MR) is 173 cm³/mol. The minimum absolute atomic E-state index is 0.123. The van der Waals surface area contributed by atoms with E-state index >= 15 is 0 Å². The second-order valence-corrected chi connectivity index (χ2v) is 11.9. The van der Waals surface area contributed by atoms with Crippen molar-refractivity contribution in [3.63, 3.8) is 0 Å². The van der Waals surface area contributed by atoms with Gasteiger partial charge in [0.25, 0.3) is 0 Å². The molecular formula is C34H56N4O6. The van der Waals surface area contributed by atoms with Gasteiger partial charge in [-0.1, -0.05) is 122 Å². The first-order valence-corrected chi connectivity index (χ1v) is 16.5. The highest BCUT2D eigenvalue weighted by Gasteiger charge is 2.31. The first kappa shape index (κ1) is 38.6. The predicted octanol–water partition coefficient (Wildman–Crippen LogP) is 4.78. The van der Waals surface area contributed by atoms with Crippen LogP contribution in [0, 0.1) is 5.92 Å². The van der Waals surface area contributed by atoms with Crippen molar-refractivity contribution in [1.82, 2.24) is 16.0 Å². The van der Waals surface area contributed by atoms with Crippen LogP contribution in [0.15, 0.2) is 30.3 Å². The largest absolute Gasteiger partial charge is 0.481 e. The van der Waals surface area contributed by atoms with Crippen molar-refractivity contribution in [3.05, 3.63) is 35.9 Å². The molecule has 10 nitrogen and oxygen atoms in total. The highest BCUT2D eigenvalue weighted by molar-refractivity contribution is 5.94. The molecular weight excluding hydrogens is 560 g/mol. The molecule has 1 aromatic rings.